The van der Waals surface area contributed by atoms with Gasteiger partial charge in [0.05, 0.1) is 33.6 Å². The molecule has 2 aliphatic heterocycles. The third-order valence-corrected chi connectivity index (χ3v) is 26.1. The number of halogens is 2. The van der Waals surface area contributed by atoms with Crippen LogP contribution < -0.4 is 40.6 Å². The van der Waals surface area contributed by atoms with Gasteiger partial charge < -0.3 is 55.1 Å². The van der Waals surface area contributed by atoms with E-state index in [0.717, 1.165) is 51.4 Å². The fourth-order valence-corrected chi connectivity index (χ4v) is 17.7. The second-order valence-corrected chi connectivity index (χ2v) is 36.5. The van der Waals surface area contributed by atoms with Gasteiger partial charge in [0.1, 0.15) is 71.2 Å². The molecule has 6 aliphatic carbocycles. The molecule has 6 saturated carbocycles. The van der Waals surface area contributed by atoms with Crippen molar-refractivity contribution < 1.29 is 79.2 Å². The number of nitrogens with one attached hydrogen (secondary N) is 5. The van der Waals surface area contributed by atoms with Crippen LogP contribution >= 0.6 is 23.2 Å². The third-order valence-electron chi connectivity index (χ3n) is 21.6. The van der Waals surface area contributed by atoms with Gasteiger partial charge in [-0.1, -0.05) is 89.0 Å². The van der Waals surface area contributed by atoms with E-state index in [0.29, 0.717) is 75.5 Å². The van der Waals surface area contributed by atoms with Crippen molar-refractivity contribution in [3.05, 3.63) is 122 Å². The molecular formula is C76H98Cl2N10O17S2. The summed E-state index contributed by atoms with van der Waals surface area (Å²) in [4.78, 5) is 120. The van der Waals surface area contributed by atoms with Gasteiger partial charge in [0.2, 0.25) is 43.7 Å². The Labute approximate surface area is 634 Å². The number of fused-ring (bicyclic) bond motifs is 2. The molecule has 8 fully saturated rings. The number of hydrogen-bond acceptors (Lipinski definition) is 18. The van der Waals surface area contributed by atoms with Crippen LogP contribution in [0.3, 0.4) is 0 Å². The highest BCUT2D eigenvalue weighted by Gasteiger charge is 2.65. The number of carboxylic acids is 1. The average Bonchev–Trinajstić information content (AvgIpc) is 1.57. The zero-order chi connectivity index (χ0) is 78.0. The van der Waals surface area contributed by atoms with Crippen LogP contribution in [0, 0.1) is 22.7 Å². The molecule has 31 heteroatoms. The largest absolute Gasteiger partial charge is 0.488 e. The molecule has 580 valence electrons. The number of benzene rings is 2. The van der Waals surface area contributed by atoms with E-state index in [1.807, 2.05) is 20.8 Å². The Kier molecular flexibility index (Phi) is 24.3. The Morgan fingerprint density at radius 1 is 0.607 bits per heavy atom. The van der Waals surface area contributed by atoms with Gasteiger partial charge in [0, 0.05) is 57.9 Å². The molecule has 0 unspecified atom stereocenters. The summed E-state index contributed by atoms with van der Waals surface area (Å²) in [7, 11) is -7.41. The zero-order valence-corrected chi connectivity index (χ0v) is 64.4. The maximum absolute atomic E-state index is 14.5. The lowest BCUT2D eigenvalue weighted by atomic mass is 9.85. The molecule has 4 aromatic rings. The lowest BCUT2D eigenvalue weighted by molar-refractivity contribution is -0.146. The molecule has 4 heterocycles. The van der Waals surface area contributed by atoms with E-state index >= 15 is 0 Å². The van der Waals surface area contributed by atoms with Gasteiger partial charge in [-0.25, -0.2) is 36.4 Å². The predicted molar refractivity (Wildman–Crippen MR) is 403 cm³/mol. The Balaban J connectivity index is 0.000000204. The first-order chi connectivity index (χ1) is 50.4. The topological polar surface area (TPSA) is 380 Å². The minimum Gasteiger partial charge on any atom is -0.488 e. The maximum atomic E-state index is 14.5. The number of carbonyl (C=O) groups is 8. The summed E-state index contributed by atoms with van der Waals surface area (Å²) in [6, 6.07) is 9.50. The lowest BCUT2D eigenvalue weighted by Crippen LogP contribution is -2.60. The minimum atomic E-state index is -4.08. The SMILES string of the molecule is C=CCC1(S(=O)(=O)NC(=O)[C@@]2(NC(=O)[C@@H]3C[C@@H](Oc4ccnc5cc(Cl)ccc45)CN3C(=O)[C@@H](NC(=O)OC3CCCC3)C(C)(C)C)C[C@H]2C=C)CC1.C=CCC1(S(N)(=O)=O)CC1.C=C[C@@H]1C[C@]1(NC(=O)[C@@H]1C[C@@H](Oc2ccnc3cc(Cl)ccc23)CN1C(=O)[C@@H](NC(=O)OC1CCCC1)C(C)(C)C)C(=O)O. The van der Waals surface area contributed by atoms with E-state index in [1.165, 1.54) is 28.0 Å². The summed E-state index contributed by atoms with van der Waals surface area (Å²) in [6.07, 6.45) is 16.5. The number of nitrogens with two attached hydrogens (primary N) is 1. The first kappa shape index (κ1) is 81.1. The zero-order valence-electron chi connectivity index (χ0n) is 61.2. The maximum Gasteiger partial charge on any atom is 0.408 e. The second kappa shape index (κ2) is 32.1. The monoisotopic (exact) mass is 1560 g/mol. The summed E-state index contributed by atoms with van der Waals surface area (Å²) in [5, 5.41) is 28.3. The van der Waals surface area contributed by atoms with Crippen LogP contribution in [-0.4, -0.2) is 172 Å². The normalized spacial score (nSPS) is 25.3. The number of aliphatic carboxylic acids is 1. The standard InChI is InChI=1S/C38H48ClN5O8S.C32H39ClN4O7.C6H11NO2S/c1-6-15-37(16-17-37)53(49,50)43-34(47)38(21-23(38)7-2)42-32(45)29-20-26(51-30-14-18-40-28-19-24(39)12-13-27(28)30)22-44(29)33(46)31(36(3,4)5)41-35(48)52-25-10-8-9-11-25;1-5-18-16-32(18,29(40)41)36-27(38)24-15-21(43-25-12-13-34-23-14-19(33)10-11-22(23)25)17-37(24)28(39)26(31(2,3)4)35-30(42)44-20-8-6-7-9-20;1-2-3-6(4-5-6)10(7,8)9/h6-7,12-14,18-19,23,25-26,29,31H,1-2,8-11,15-17,20-22H2,3-5H3,(H,41,48)(H,42,45)(H,43,47);5,10-14,18,20-21,24,26H,1,6-9,15-17H2,2-4H3,(H,35,42)(H,36,38)(H,40,41);2H,1,3-5H2,(H2,7,8,9)/t23-,26-,29+,31-,38-;18-,21-,24+,26-,32-;/m11./s1. The van der Waals surface area contributed by atoms with E-state index in [4.69, 9.17) is 47.3 Å². The number of likely N-dealkylation sites (tertiary alicyclic amines) is 2. The second-order valence-electron chi connectivity index (χ2n) is 31.6. The van der Waals surface area contributed by atoms with Gasteiger partial charge in [-0.3, -0.25) is 38.7 Å². The van der Waals surface area contributed by atoms with E-state index in [2.05, 4.69) is 62.3 Å². The molecule has 0 bridgehead atoms. The average molecular weight is 1560 g/mol. The van der Waals surface area contributed by atoms with Gasteiger partial charge in [0.25, 0.3) is 5.91 Å². The third kappa shape index (κ3) is 18.3. The number of allylic oxidation sites excluding steroid dienone is 2. The first-order valence-electron chi connectivity index (χ1n) is 36.3. The summed E-state index contributed by atoms with van der Waals surface area (Å²) in [5.41, 5.74) is -3.37. The smallest absolute Gasteiger partial charge is 0.408 e. The molecule has 0 spiro atoms. The number of aromatic nitrogens is 2. The van der Waals surface area contributed by atoms with Gasteiger partial charge in [-0.2, -0.15) is 0 Å². The molecule has 107 heavy (non-hydrogen) atoms. The van der Waals surface area contributed by atoms with Crippen molar-refractivity contribution in [2.24, 2.45) is 27.8 Å². The highest BCUT2D eigenvalue weighted by Crippen LogP contribution is 2.50. The number of pyridine rings is 2. The molecule has 2 aromatic carbocycles. The van der Waals surface area contributed by atoms with Gasteiger partial charge in [0.15, 0.2) is 0 Å². The highest BCUT2D eigenvalue weighted by molar-refractivity contribution is 7.91. The minimum absolute atomic E-state index is 0.0250. The van der Waals surface area contributed by atoms with Gasteiger partial charge in [-0.15, -0.1) is 26.3 Å². The number of carbonyl (C=O) groups excluding carboxylic acids is 7. The van der Waals surface area contributed by atoms with Crippen molar-refractivity contribution in [2.75, 3.05) is 13.1 Å². The van der Waals surface area contributed by atoms with Crippen LogP contribution in [0.25, 0.3) is 21.8 Å². The molecule has 27 nitrogen and oxygen atoms in total. The summed E-state index contributed by atoms with van der Waals surface area (Å²) < 4.78 is 72.8. The Morgan fingerprint density at radius 3 is 1.35 bits per heavy atom. The Bertz CT molecular complexity index is 4380. The molecular weight excluding hydrogens is 1460 g/mol. The van der Waals surface area contributed by atoms with Crippen molar-refractivity contribution in [1.29, 1.82) is 0 Å². The number of sulfonamides is 2. The molecule has 10 atom stereocenters. The fourth-order valence-electron chi connectivity index (χ4n) is 14.7. The molecule has 8 N–H and O–H groups in total. The van der Waals surface area contributed by atoms with E-state index in [1.54, 1.807) is 87.8 Å². The van der Waals surface area contributed by atoms with Crippen LogP contribution in [-0.2, 0) is 58.3 Å². The number of amides is 7. The number of ether oxygens (including phenoxy) is 4. The lowest BCUT2D eigenvalue weighted by Gasteiger charge is -2.35. The van der Waals surface area contributed by atoms with Gasteiger partial charge >= 0.3 is 18.2 Å². The van der Waals surface area contributed by atoms with Crippen LogP contribution in [0.1, 0.15) is 157 Å². The fraction of sp³-hybridized carbons (Fsp3) is 0.553. The number of carboxylic acid groups (broad SMARTS) is 1. The Hall–Kier alpha value is -8.38. The van der Waals surface area contributed by atoms with E-state index in [9.17, 15) is 60.3 Å². The first-order valence-corrected chi connectivity index (χ1v) is 40.1. The number of alkyl carbamates (subject to hydrolysis) is 2. The Morgan fingerprint density at radius 2 is 1.00 bits per heavy atom. The van der Waals surface area contributed by atoms with Crippen molar-refractivity contribution >= 4 is 113 Å². The molecule has 8 aliphatic rings. The quantitative estimate of drug-likeness (QED) is 0.0303. The number of nitrogens with zero attached hydrogens (tertiary/aromatic N) is 4. The molecule has 2 aromatic heterocycles. The van der Waals surface area contributed by atoms with Crippen molar-refractivity contribution in [3.63, 3.8) is 0 Å². The van der Waals surface area contributed by atoms with Crippen LogP contribution in [0.4, 0.5) is 9.59 Å². The number of hydrogen-bond donors (Lipinski definition) is 7. The van der Waals surface area contributed by atoms with Crippen LogP contribution in [0.2, 0.25) is 10.0 Å². The highest BCUT2D eigenvalue weighted by atomic mass is 35.5. The number of primary sulfonamides is 1. The summed E-state index contributed by atoms with van der Waals surface area (Å²) in [5.74, 6) is -4.31. The van der Waals surface area contributed by atoms with Crippen molar-refractivity contribution in [1.82, 2.24) is 45.8 Å². The summed E-state index contributed by atoms with van der Waals surface area (Å²) >= 11 is 12.3. The van der Waals surface area contributed by atoms with E-state index in [-0.39, 0.29) is 57.4 Å². The van der Waals surface area contributed by atoms with Crippen molar-refractivity contribution in [2.45, 2.75) is 226 Å². The van der Waals surface area contributed by atoms with Crippen LogP contribution in [0.5, 0.6) is 11.5 Å². The molecule has 0 radical (unpaired) electrons. The summed E-state index contributed by atoms with van der Waals surface area (Å²) in [6.45, 7) is 25.5. The van der Waals surface area contributed by atoms with Crippen molar-refractivity contribution in [3.8, 4) is 11.5 Å². The van der Waals surface area contributed by atoms with Gasteiger partial charge in [-0.05, 0) is 162 Å². The molecule has 12 rings (SSSR count). The predicted octanol–water partition coefficient (Wildman–Crippen LogP) is 9.78. The van der Waals surface area contributed by atoms with E-state index < -0.39 is 147 Å². The van der Waals surface area contributed by atoms with Crippen LogP contribution in [0.15, 0.2) is 112 Å². The number of rotatable bonds is 25. The molecule has 7 amide bonds. The molecule has 2 saturated heterocycles.